The lowest BCUT2D eigenvalue weighted by Crippen LogP contribution is -2.39. The van der Waals surface area contributed by atoms with E-state index in [0.717, 1.165) is 13.0 Å². The second-order valence-corrected chi connectivity index (χ2v) is 4.37. The molecule has 4 nitrogen and oxygen atoms in total. The average molecular weight is 198 g/mol. The van der Waals surface area contributed by atoms with Crippen LogP contribution in [0.1, 0.15) is 25.7 Å². The molecule has 0 aromatic carbocycles. The third-order valence-electron chi connectivity index (χ3n) is 3.00. The van der Waals surface area contributed by atoms with Crippen molar-refractivity contribution in [3.8, 4) is 0 Å². The van der Waals surface area contributed by atoms with Gasteiger partial charge in [0.1, 0.15) is 0 Å². The normalized spacial score (nSPS) is 28.9. The molecule has 1 saturated carbocycles. The van der Waals surface area contributed by atoms with Crippen molar-refractivity contribution in [1.29, 1.82) is 0 Å². The van der Waals surface area contributed by atoms with Gasteiger partial charge in [-0.25, -0.2) is 0 Å². The van der Waals surface area contributed by atoms with Crippen LogP contribution in [0.2, 0.25) is 0 Å². The lowest BCUT2D eigenvalue weighted by atomic mass is 10.2. The van der Waals surface area contributed by atoms with Crippen LogP contribution in [0.25, 0.3) is 0 Å². The van der Waals surface area contributed by atoms with Crippen LogP contribution >= 0.6 is 0 Å². The molecule has 1 saturated heterocycles. The summed E-state index contributed by atoms with van der Waals surface area (Å²) in [6, 6.07) is 0.272. The number of carbonyl (C=O) groups excluding carboxylic acids is 1. The van der Waals surface area contributed by atoms with Crippen molar-refractivity contribution in [2.45, 2.75) is 37.8 Å². The highest BCUT2D eigenvalue weighted by molar-refractivity contribution is 5.78. The summed E-state index contributed by atoms with van der Waals surface area (Å²) in [5.74, 6) is 0.681. The highest BCUT2D eigenvalue weighted by Gasteiger charge is 2.29. The molecule has 2 fully saturated rings. The second-order valence-electron chi connectivity index (χ2n) is 4.37. The third kappa shape index (κ3) is 2.69. The molecule has 2 unspecified atom stereocenters. The smallest absolute Gasteiger partial charge is 0.220 e. The minimum absolute atomic E-state index is 0.152. The average Bonchev–Trinajstić information content (AvgIpc) is 2.92. The fourth-order valence-corrected chi connectivity index (χ4v) is 1.88. The highest BCUT2D eigenvalue weighted by atomic mass is 16.3. The summed E-state index contributed by atoms with van der Waals surface area (Å²) in [5.41, 5.74) is 0. The Kier molecular flexibility index (Phi) is 3.03. The molecule has 0 bridgehead atoms. The predicted octanol–water partition coefficient (Wildman–Crippen LogP) is -0.374. The van der Waals surface area contributed by atoms with E-state index < -0.39 is 0 Å². The zero-order valence-electron chi connectivity index (χ0n) is 8.33. The van der Waals surface area contributed by atoms with Gasteiger partial charge in [0, 0.05) is 25.6 Å². The number of aliphatic hydroxyl groups excluding tert-OH is 1. The number of carbonyl (C=O) groups is 1. The maximum atomic E-state index is 10.9. The van der Waals surface area contributed by atoms with E-state index in [0.29, 0.717) is 18.9 Å². The summed E-state index contributed by atoms with van der Waals surface area (Å²) in [5, 5.41) is 15.7. The molecule has 2 aliphatic rings. The lowest BCUT2D eigenvalue weighted by Gasteiger charge is -2.14. The van der Waals surface area contributed by atoms with E-state index in [-0.39, 0.29) is 18.1 Å². The Balaban J connectivity index is 1.56. The van der Waals surface area contributed by atoms with Crippen molar-refractivity contribution in [2.24, 2.45) is 5.92 Å². The molecule has 14 heavy (non-hydrogen) atoms. The summed E-state index contributed by atoms with van der Waals surface area (Å²) in [4.78, 5) is 10.9. The minimum atomic E-state index is -0.188. The Hall–Kier alpha value is -0.610. The standard InChI is InChI=1S/C10H18N2O2/c13-9(7-1-2-7)6-11-5-8-3-4-10(14)12-8/h7-9,11,13H,1-6H2,(H,12,14). The number of hydrogen-bond acceptors (Lipinski definition) is 3. The summed E-state index contributed by atoms with van der Waals surface area (Å²) < 4.78 is 0. The molecule has 1 amide bonds. The quantitative estimate of drug-likeness (QED) is 0.564. The van der Waals surface area contributed by atoms with Gasteiger partial charge in [0.25, 0.3) is 0 Å². The van der Waals surface area contributed by atoms with Crippen molar-refractivity contribution in [1.82, 2.24) is 10.6 Å². The Morgan fingerprint density at radius 3 is 2.86 bits per heavy atom. The third-order valence-corrected chi connectivity index (χ3v) is 3.00. The van der Waals surface area contributed by atoms with Gasteiger partial charge in [-0.05, 0) is 25.2 Å². The molecular weight excluding hydrogens is 180 g/mol. The highest BCUT2D eigenvalue weighted by Crippen LogP contribution is 2.32. The van der Waals surface area contributed by atoms with Crippen molar-refractivity contribution in [2.75, 3.05) is 13.1 Å². The van der Waals surface area contributed by atoms with Crippen molar-refractivity contribution in [3.05, 3.63) is 0 Å². The summed E-state index contributed by atoms with van der Waals surface area (Å²) in [6.45, 7) is 1.45. The van der Waals surface area contributed by atoms with Crippen LogP contribution in [0.4, 0.5) is 0 Å². The molecule has 80 valence electrons. The molecule has 4 heteroatoms. The molecule has 0 aromatic heterocycles. The van der Waals surface area contributed by atoms with Crippen molar-refractivity contribution in [3.63, 3.8) is 0 Å². The molecule has 0 aromatic rings. The molecule has 3 N–H and O–H groups in total. The molecule has 1 heterocycles. The van der Waals surface area contributed by atoms with Crippen LogP contribution in [0, 0.1) is 5.92 Å². The van der Waals surface area contributed by atoms with Gasteiger partial charge in [-0.1, -0.05) is 0 Å². The van der Waals surface area contributed by atoms with Crippen LogP contribution in [0.5, 0.6) is 0 Å². The van der Waals surface area contributed by atoms with E-state index in [2.05, 4.69) is 10.6 Å². The predicted molar refractivity (Wildman–Crippen MR) is 52.8 cm³/mol. The van der Waals surface area contributed by atoms with E-state index in [4.69, 9.17) is 0 Å². The summed E-state index contributed by atoms with van der Waals surface area (Å²) in [6.07, 6.45) is 3.72. The number of hydrogen-bond donors (Lipinski definition) is 3. The second kappa shape index (κ2) is 4.28. The fourth-order valence-electron chi connectivity index (χ4n) is 1.88. The molecule has 0 radical (unpaired) electrons. The maximum absolute atomic E-state index is 10.9. The Bertz CT molecular complexity index is 216. The first-order valence-corrected chi connectivity index (χ1v) is 5.44. The molecule has 2 atom stereocenters. The van der Waals surface area contributed by atoms with Crippen LogP contribution in [0.15, 0.2) is 0 Å². The molecule has 2 rings (SSSR count). The summed E-state index contributed by atoms with van der Waals surface area (Å²) in [7, 11) is 0. The minimum Gasteiger partial charge on any atom is -0.392 e. The van der Waals surface area contributed by atoms with E-state index in [1.165, 1.54) is 12.8 Å². The number of aliphatic hydroxyl groups is 1. The first kappa shape index (κ1) is 9.93. The molecule has 0 spiro atoms. The van der Waals surface area contributed by atoms with Crippen LogP contribution in [-0.4, -0.2) is 36.2 Å². The SMILES string of the molecule is O=C1CCC(CNCC(O)C2CC2)N1. The van der Waals surface area contributed by atoms with Crippen molar-refractivity contribution < 1.29 is 9.90 Å². The van der Waals surface area contributed by atoms with E-state index >= 15 is 0 Å². The summed E-state index contributed by atoms with van der Waals surface area (Å²) >= 11 is 0. The monoisotopic (exact) mass is 198 g/mol. The fraction of sp³-hybridized carbons (Fsp3) is 0.900. The van der Waals surface area contributed by atoms with Crippen LogP contribution < -0.4 is 10.6 Å². The zero-order valence-corrected chi connectivity index (χ0v) is 8.33. The van der Waals surface area contributed by atoms with Gasteiger partial charge in [0.2, 0.25) is 5.91 Å². The maximum Gasteiger partial charge on any atom is 0.220 e. The molecule has 1 aliphatic carbocycles. The Morgan fingerprint density at radius 1 is 1.50 bits per heavy atom. The Morgan fingerprint density at radius 2 is 2.29 bits per heavy atom. The topological polar surface area (TPSA) is 61.4 Å². The van der Waals surface area contributed by atoms with Gasteiger partial charge in [-0.15, -0.1) is 0 Å². The van der Waals surface area contributed by atoms with Crippen LogP contribution in [-0.2, 0) is 4.79 Å². The van der Waals surface area contributed by atoms with Gasteiger partial charge in [0.15, 0.2) is 0 Å². The molecular formula is C10H18N2O2. The van der Waals surface area contributed by atoms with Gasteiger partial charge in [0.05, 0.1) is 6.10 Å². The first-order valence-electron chi connectivity index (χ1n) is 5.44. The largest absolute Gasteiger partial charge is 0.392 e. The van der Waals surface area contributed by atoms with Crippen molar-refractivity contribution >= 4 is 5.91 Å². The number of amides is 1. The lowest BCUT2D eigenvalue weighted by molar-refractivity contribution is -0.119. The van der Waals surface area contributed by atoms with Gasteiger partial charge < -0.3 is 15.7 Å². The van der Waals surface area contributed by atoms with Crippen LogP contribution in [0.3, 0.4) is 0 Å². The van der Waals surface area contributed by atoms with E-state index in [9.17, 15) is 9.90 Å². The van der Waals surface area contributed by atoms with Gasteiger partial charge >= 0.3 is 0 Å². The zero-order chi connectivity index (χ0) is 9.97. The number of rotatable bonds is 5. The Labute approximate surface area is 84.1 Å². The van der Waals surface area contributed by atoms with E-state index in [1.54, 1.807) is 0 Å². The first-order chi connectivity index (χ1) is 6.75. The van der Waals surface area contributed by atoms with E-state index in [1.807, 2.05) is 0 Å². The molecule has 1 aliphatic heterocycles. The van der Waals surface area contributed by atoms with Gasteiger partial charge in [-0.2, -0.15) is 0 Å². The number of nitrogens with one attached hydrogen (secondary N) is 2. The van der Waals surface area contributed by atoms with Gasteiger partial charge in [-0.3, -0.25) is 4.79 Å².